The molecule has 0 aromatic carbocycles. The fourth-order valence-electron chi connectivity index (χ4n) is 5.23. The van der Waals surface area contributed by atoms with Gasteiger partial charge in [0.05, 0.1) is 0 Å². The summed E-state index contributed by atoms with van der Waals surface area (Å²) in [5.41, 5.74) is 6.44. The Labute approximate surface area is 192 Å². The zero-order valence-corrected chi connectivity index (χ0v) is 19.1. The van der Waals surface area contributed by atoms with E-state index in [1.807, 2.05) is 37.4 Å². The predicted octanol–water partition coefficient (Wildman–Crippen LogP) is 4.04. The second-order valence-electron chi connectivity index (χ2n) is 8.81. The van der Waals surface area contributed by atoms with E-state index in [0.717, 1.165) is 35.4 Å². The smallest absolute Gasteiger partial charge is 0.256 e. The molecule has 7 heteroatoms. The lowest BCUT2D eigenvalue weighted by Gasteiger charge is -2.30. The van der Waals surface area contributed by atoms with Crippen molar-refractivity contribution >= 4 is 23.4 Å². The van der Waals surface area contributed by atoms with Gasteiger partial charge in [0, 0.05) is 66.9 Å². The summed E-state index contributed by atoms with van der Waals surface area (Å²) >= 11 is 0. The van der Waals surface area contributed by atoms with Gasteiger partial charge in [-0.2, -0.15) is 0 Å². The van der Waals surface area contributed by atoms with E-state index < -0.39 is 0 Å². The van der Waals surface area contributed by atoms with Crippen LogP contribution in [0, 0.1) is 6.92 Å². The van der Waals surface area contributed by atoms with E-state index in [2.05, 4.69) is 27.6 Å². The number of nitrogens with zero attached hydrogens (tertiary/aromatic N) is 5. The standard InChI is InChI=1S/C25H25N5O.ClH/c1-16-5-6-18(14-26-16)17-9-11-30(24(31)12-17)23-8-7-20-21-15-29-10-3-4-19(29)13-22(21)28(2)25(20)27-23;/h5-9,11-12,14,19H,3-4,10,13,15H2,1-2H3;1H. The molecule has 0 amide bonds. The van der Waals surface area contributed by atoms with Crippen molar-refractivity contribution in [3.8, 4) is 16.9 Å². The van der Waals surface area contributed by atoms with Crippen LogP contribution in [0.4, 0.5) is 0 Å². The zero-order chi connectivity index (χ0) is 21.1. The first-order valence-corrected chi connectivity index (χ1v) is 11.0. The first kappa shape index (κ1) is 20.9. The third-order valence-corrected chi connectivity index (χ3v) is 6.96. The fraction of sp³-hybridized carbons (Fsp3) is 0.320. The highest BCUT2D eigenvalue weighted by molar-refractivity contribution is 5.85. The van der Waals surface area contributed by atoms with Crippen molar-refractivity contribution in [2.24, 2.45) is 7.05 Å². The first-order valence-electron chi connectivity index (χ1n) is 11.0. The number of fused-ring (bicyclic) bond motifs is 4. The molecule has 0 aliphatic carbocycles. The fourth-order valence-corrected chi connectivity index (χ4v) is 5.23. The Hall–Kier alpha value is -2.96. The molecule has 6 rings (SSSR count). The van der Waals surface area contributed by atoms with Gasteiger partial charge >= 0.3 is 0 Å². The van der Waals surface area contributed by atoms with Crippen LogP contribution in [0.2, 0.25) is 0 Å². The number of pyridine rings is 3. The van der Waals surface area contributed by atoms with Crippen LogP contribution in [0.5, 0.6) is 0 Å². The van der Waals surface area contributed by atoms with Crippen LogP contribution in [-0.4, -0.2) is 36.6 Å². The Morgan fingerprint density at radius 1 is 1.09 bits per heavy atom. The van der Waals surface area contributed by atoms with Gasteiger partial charge in [-0.1, -0.05) is 6.07 Å². The summed E-state index contributed by atoms with van der Waals surface area (Å²) in [5, 5.41) is 1.21. The Bertz CT molecular complexity index is 1370. The third-order valence-electron chi connectivity index (χ3n) is 6.96. The van der Waals surface area contributed by atoms with E-state index in [1.165, 1.54) is 36.0 Å². The molecule has 4 aromatic heterocycles. The van der Waals surface area contributed by atoms with Gasteiger partial charge in [0.2, 0.25) is 0 Å². The Kier molecular flexibility index (Phi) is 5.14. The minimum Gasteiger partial charge on any atom is -0.332 e. The maximum atomic E-state index is 12.9. The van der Waals surface area contributed by atoms with Crippen molar-refractivity contribution in [3.05, 3.63) is 76.1 Å². The molecule has 1 atom stereocenters. The Morgan fingerprint density at radius 3 is 2.75 bits per heavy atom. The number of rotatable bonds is 2. The molecule has 1 saturated heterocycles. The van der Waals surface area contributed by atoms with Crippen LogP contribution < -0.4 is 5.56 Å². The van der Waals surface area contributed by atoms with Crippen molar-refractivity contribution in [2.45, 2.75) is 38.8 Å². The van der Waals surface area contributed by atoms with Gasteiger partial charge in [-0.15, -0.1) is 12.4 Å². The molecule has 0 saturated carbocycles. The molecule has 6 heterocycles. The van der Waals surface area contributed by atoms with Crippen molar-refractivity contribution < 1.29 is 0 Å². The molecular weight excluding hydrogens is 422 g/mol. The van der Waals surface area contributed by atoms with Crippen LogP contribution in [0.1, 0.15) is 29.8 Å². The predicted molar refractivity (Wildman–Crippen MR) is 129 cm³/mol. The molecule has 32 heavy (non-hydrogen) atoms. The molecule has 164 valence electrons. The van der Waals surface area contributed by atoms with Crippen molar-refractivity contribution in [3.63, 3.8) is 0 Å². The van der Waals surface area contributed by atoms with Gasteiger partial charge in [-0.25, -0.2) is 4.98 Å². The summed E-state index contributed by atoms with van der Waals surface area (Å²) < 4.78 is 3.86. The van der Waals surface area contributed by atoms with Crippen LogP contribution in [0.3, 0.4) is 0 Å². The van der Waals surface area contributed by atoms with Crippen molar-refractivity contribution in [2.75, 3.05) is 6.54 Å². The molecule has 0 bridgehead atoms. The van der Waals surface area contributed by atoms with Gasteiger partial charge in [0.15, 0.2) is 0 Å². The highest BCUT2D eigenvalue weighted by Gasteiger charge is 2.33. The minimum absolute atomic E-state index is 0. The van der Waals surface area contributed by atoms with E-state index in [0.29, 0.717) is 11.9 Å². The van der Waals surface area contributed by atoms with E-state index in [-0.39, 0.29) is 18.0 Å². The zero-order valence-electron chi connectivity index (χ0n) is 18.3. The highest BCUT2D eigenvalue weighted by atomic mass is 35.5. The van der Waals surface area contributed by atoms with Gasteiger partial charge < -0.3 is 4.57 Å². The SMILES string of the molecule is Cc1ccc(-c2ccn(-c3ccc4c5c(n(C)c4n3)CC3CCCN3C5)c(=O)c2)cn1.Cl. The van der Waals surface area contributed by atoms with Crippen LogP contribution in [-0.2, 0) is 20.0 Å². The summed E-state index contributed by atoms with van der Waals surface area (Å²) in [6.45, 7) is 4.16. The van der Waals surface area contributed by atoms with Crippen molar-refractivity contribution in [1.82, 2.24) is 24.0 Å². The largest absolute Gasteiger partial charge is 0.332 e. The summed E-state index contributed by atoms with van der Waals surface area (Å²) in [6.07, 6.45) is 7.30. The van der Waals surface area contributed by atoms with Crippen LogP contribution in [0.15, 0.2) is 53.6 Å². The third kappa shape index (κ3) is 3.26. The van der Waals surface area contributed by atoms with Crippen LogP contribution in [0.25, 0.3) is 28.0 Å². The van der Waals surface area contributed by atoms with Crippen LogP contribution >= 0.6 is 12.4 Å². The number of hydrogen-bond acceptors (Lipinski definition) is 4. The van der Waals surface area contributed by atoms with Gasteiger partial charge in [-0.05, 0) is 61.7 Å². The summed E-state index contributed by atoms with van der Waals surface area (Å²) in [6, 6.07) is 12.3. The molecule has 0 N–H and O–H groups in total. The maximum Gasteiger partial charge on any atom is 0.256 e. The summed E-state index contributed by atoms with van der Waals surface area (Å²) in [5.74, 6) is 0.657. The second-order valence-corrected chi connectivity index (χ2v) is 8.81. The monoisotopic (exact) mass is 447 g/mol. The summed E-state index contributed by atoms with van der Waals surface area (Å²) in [4.78, 5) is 24.8. The van der Waals surface area contributed by atoms with E-state index in [9.17, 15) is 4.79 Å². The van der Waals surface area contributed by atoms with Crippen molar-refractivity contribution in [1.29, 1.82) is 0 Å². The molecule has 1 fully saturated rings. The number of hydrogen-bond donors (Lipinski definition) is 0. The molecule has 1 unspecified atom stereocenters. The van der Waals surface area contributed by atoms with E-state index >= 15 is 0 Å². The van der Waals surface area contributed by atoms with E-state index in [1.54, 1.807) is 16.8 Å². The van der Waals surface area contributed by atoms with Gasteiger partial charge in [0.25, 0.3) is 5.56 Å². The Balaban J connectivity index is 0.00000216. The summed E-state index contributed by atoms with van der Waals surface area (Å²) in [7, 11) is 2.11. The molecule has 4 aromatic rings. The lowest BCUT2D eigenvalue weighted by Crippen LogP contribution is -2.35. The number of halogens is 1. The van der Waals surface area contributed by atoms with Gasteiger partial charge in [-0.3, -0.25) is 19.2 Å². The second kappa shape index (κ2) is 7.87. The lowest BCUT2D eigenvalue weighted by molar-refractivity contribution is 0.225. The molecule has 2 aliphatic rings. The van der Waals surface area contributed by atoms with Gasteiger partial charge in [0.1, 0.15) is 11.5 Å². The lowest BCUT2D eigenvalue weighted by atomic mass is 9.99. The molecule has 6 nitrogen and oxygen atoms in total. The number of aryl methyl sites for hydroxylation is 2. The first-order chi connectivity index (χ1) is 15.1. The molecule has 2 aliphatic heterocycles. The Morgan fingerprint density at radius 2 is 1.97 bits per heavy atom. The molecule has 0 spiro atoms. The quantitative estimate of drug-likeness (QED) is 0.465. The normalized spacial score (nSPS) is 17.8. The van der Waals surface area contributed by atoms with E-state index in [4.69, 9.17) is 4.98 Å². The highest BCUT2D eigenvalue weighted by Crippen LogP contribution is 2.35. The molecular formula is C25H26ClN5O. The topological polar surface area (TPSA) is 56.0 Å². The average Bonchev–Trinajstić information content (AvgIpc) is 3.35. The maximum absolute atomic E-state index is 12.9. The minimum atomic E-state index is -0.0930. The number of aromatic nitrogens is 4. The average molecular weight is 448 g/mol. The molecule has 0 radical (unpaired) electrons.